The summed E-state index contributed by atoms with van der Waals surface area (Å²) in [6.07, 6.45) is 0.584. The third-order valence-corrected chi connectivity index (χ3v) is 3.52. The van der Waals surface area contributed by atoms with Crippen LogP contribution >= 0.6 is 0 Å². The van der Waals surface area contributed by atoms with E-state index < -0.39 is 11.0 Å². The molecule has 3 amide bonds. The SMILES string of the molecule is CC(C)(C)OC(=O)N1CCC(NC(=O)CCNC(=O)C(C)(C)C)C1. The van der Waals surface area contributed by atoms with E-state index in [9.17, 15) is 14.4 Å². The van der Waals surface area contributed by atoms with Crippen LogP contribution < -0.4 is 10.6 Å². The second-order valence-corrected chi connectivity index (χ2v) is 8.24. The predicted octanol–water partition coefficient (Wildman–Crippen LogP) is 1.66. The molecule has 0 aliphatic carbocycles. The van der Waals surface area contributed by atoms with E-state index in [0.717, 1.165) is 0 Å². The van der Waals surface area contributed by atoms with E-state index in [2.05, 4.69) is 10.6 Å². The summed E-state index contributed by atoms with van der Waals surface area (Å²) in [5, 5.41) is 5.65. The van der Waals surface area contributed by atoms with Crippen molar-refractivity contribution in [2.45, 2.75) is 66.0 Å². The van der Waals surface area contributed by atoms with Crippen LogP contribution in [-0.2, 0) is 14.3 Å². The fourth-order valence-corrected chi connectivity index (χ4v) is 2.22. The van der Waals surface area contributed by atoms with Gasteiger partial charge in [-0.2, -0.15) is 0 Å². The van der Waals surface area contributed by atoms with Gasteiger partial charge in [0, 0.05) is 37.5 Å². The van der Waals surface area contributed by atoms with Crippen LogP contribution in [0.3, 0.4) is 0 Å². The molecule has 0 aromatic heterocycles. The molecule has 0 bridgehead atoms. The minimum absolute atomic E-state index is 0.0664. The maximum Gasteiger partial charge on any atom is 0.410 e. The molecule has 1 unspecified atom stereocenters. The van der Waals surface area contributed by atoms with Gasteiger partial charge >= 0.3 is 6.09 Å². The first-order valence-electron chi connectivity index (χ1n) is 8.44. The average Bonchev–Trinajstić information content (AvgIpc) is 2.84. The quantitative estimate of drug-likeness (QED) is 0.814. The van der Waals surface area contributed by atoms with Crippen molar-refractivity contribution in [3.8, 4) is 0 Å². The molecule has 1 aliphatic rings. The van der Waals surface area contributed by atoms with Gasteiger partial charge < -0.3 is 20.3 Å². The fourth-order valence-electron chi connectivity index (χ4n) is 2.22. The summed E-state index contributed by atoms with van der Waals surface area (Å²) in [5.41, 5.74) is -0.987. The molecule has 0 spiro atoms. The second kappa shape index (κ2) is 7.85. The van der Waals surface area contributed by atoms with Crippen LogP contribution in [-0.4, -0.2) is 54.1 Å². The zero-order chi connectivity index (χ0) is 18.5. The van der Waals surface area contributed by atoms with Crippen molar-refractivity contribution in [1.29, 1.82) is 0 Å². The minimum atomic E-state index is -0.524. The Hall–Kier alpha value is -1.79. The Bertz CT molecular complexity index is 477. The number of hydrogen-bond acceptors (Lipinski definition) is 4. The summed E-state index contributed by atoms with van der Waals surface area (Å²) in [6, 6.07) is -0.0664. The molecule has 1 rings (SSSR count). The lowest BCUT2D eigenvalue weighted by Gasteiger charge is -2.24. The van der Waals surface area contributed by atoms with Crippen molar-refractivity contribution in [2.24, 2.45) is 5.41 Å². The normalized spacial score (nSPS) is 18.2. The summed E-state index contributed by atoms with van der Waals surface area (Å²) in [4.78, 5) is 37.2. The van der Waals surface area contributed by atoms with Gasteiger partial charge in [0.05, 0.1) is 0 Å². The van der Waals surface area contributed by atoms with Crippen molar-refractivity contribution >= 4 is 17.9 Å². The van der Waals surface area contributed by atoms with Crippen LogP contribution in [0.15, 0.2) is 0 Å². The molecule has 138 valence electrons. The first-order chi connectivity index (χ1) is 10.9. The Kier molecular flexibility index (Phi) is 6.63. The fraction of sp³-hybridized carbons (Fsp3) is 0.824. The van der Waals surface area contributed by atoms with Crippen LogP contribution in [0.2, 0.25) is 0 Å². The highest BCUT2D eigenvalue weighted by Gasteiger charge is 2.30. The van der Waals surface area contributed by atoms with Crippen molar-refractivity contribution < 1.29 is 19.1 Å². The molecule has 1 saturated heterocycles. The van der Waals surface area contributed by atoms with Gasteiger partial charge in [-0.25, -0.2) is 4.79 Å². The molecule has 1 fully saturated rings. The van der Waals surface area contributed by atoms with Crippen molar-refractivity contribution in [3.63, 3.8) is 0 Å². The van der Waals surface area contributed by atoms with Gasteiger partial charge in [-0.1, -0.05) is 20.8 Å². The Morgan fingerprint density at radius 1 is 1.12 bits per heavy atom. The molecule has 7 nitrogen and oxygen atoms in total. The van der Waals surface area contributed by atoms with Crippen LogP contribution in [0.25, 0.3) is 0 Å². The van der Waals surface area contributed by atoms with Crippen LogP contribution in [0.1, 0.15) is 54.4 Å². The highest BCUT2D eigenvalue weighted by Crippen LogP contribution is 2.15. The Balaban J connectivity index is 2.29. The zero-order valence-corrected chi connectivity index (χ0v) is 15.7. The van der Waals surface area contributed by atoms with Gasteiger partial charge in [-0.3, -0.25) is 9.59 Å². The van der Waals surface area contributed by atoms with Crippen LogP contribution in [0, 0.1) is 5.41 Å². The van der Waals surface area contributed by atoms with Gasteiger partial charge in [0.25, 0.3) is 0 Å². The highest BCUT2D eigenvalue weighted by molar-refractivity contribution is 5.82. The highest BCUT2D eigenvalue weighted by atomic mass is 16.6. The number of nitrogens with one attached hydrogen (secondary N) is 2. The second-order valence-electron chi connectivity index (χ2n) is 8.24. The summed E-state index contributed by atoms with van der Waals surface area (Å²) in [7, 11) is 0. The summed E-state index contributed by atoms with van der Waals surface area (Å²) >= 11 is 0. The number of nitrogens with zero attached hydrogens (tertiary/aromatic N) is 1. The summed E-state index contributed by atoms with van der Waals surface area (Å²) in [6.45, 7) is 12.3. The molecule has 2 N–H and O–H groups in total. The molecule has 24 heavy (non-hydrogen) atoms. The van der Waals surface area contributed by atoms with Gasteiger partial charge in [-0.15, -0.1) is 0 Å². The van der Waals surface area contributed by atoms with E-state index in [1.54, 1.807) is 4.90 Å². The molecule has 1 heterocycles. The molecule has 1 aliphatic heterocycles. The topological polar surface area (TPSA) is 87.7 Å². The minimum Gasteiger partial charge on any atom is -0.444 e. The van der Waals surface area contributed by atoms with E-state index in [1.807, 2.05) is 41.5 Å². The average molecular weight is 341 g/mol. The van der Waals surface area contributed by atoms with E-state index in [-0.39, 0.29) is 30.4 Å². The predicted molar refractivity (Wildman–Crippen MR) is 91.4 cm³/mol. The molecule has 7 heteroatoms. The largest absolute Gasteiger partial charge is 0.444 e. The number of carbonyl (C=O) groups excluding carboxylic acids is 3. The molecular weight excluding hydrogens is 310 g/mol. The third kappa shape index (κ3) is 7.19. The molecular formula is C17H31N3O4. The first kappa shape index (κ1) is 20.3. The van der Waals surface area contributed by atoms with Gasteiger partial charge in [0.1, 0.15) is 5.60 Å². The Morgan fingerprint density at radius 3 is 2.29 bits per heavy atom. The van der Waals surface area contributed by atoms with Gasteiger partial charge in [0.2, 0.25) is 11.8 Å². The zero-order valence-electron chi connectivity index (χ0n) is 15.7. The number of rotatable bonds is 4. The number of carbonyl (C=O) groups is 3. The monoisotopic (exact) mass is 341 g/mol. The number of ether oxygens (including phenoxy) is 1. The molecule has 0 saturated carbocycles. The number of amides is 3. The molecule has 0 aromatic carbocycles. The Morgan fingerprint density at radius 2 is 1.75 bits per heavy atom. The lowest BCUT2D eigenvalue weighted by Crippen LogP contribution is -2.41. The van der Waals surface area contributed by atoms with Crippen LogP contribution in [0.4, 0.5) is 4.79 Å². The van der Waals surface area contributed by atoms with E-state index >= 15 is 0 Å². The maximum atomic E-state index is 12.0. The molecule has 0 radical (unpaired) electrons. The van der Waals surface area contributed by atoms with Crippen molar-refractivity contribution in [2.75, 3.05) is 19.6 Å². The van der Waals surface area contributed by atoms with Crippen molar-refractivity contribution in [3.05, 3.63) is 0 Å². The maximum absolute atomic E-state index is 12.0. The smallest absolute Gasteiger partial charge is 0.410 e. The lowest BCUT2D eigenvalue weighted by atomic mass is 9.96. The number of hydrogen-bond donors (Lipinski definition) is 2. The standard InChI is InChI=1S/C17H31N3O4/c1-16(2,3)14(22)18-9-7-13(21)19-12-8-10-20(11-12)15(23)24-17(4,5)6/h12H,7-11H2,1-6H3,(H,18,22)(H,19,21). The van der Waals surface area contributed by atoms with E-state index in [1.165, 1.54) is 0 Å². The first-order valence-corrected chi connectivity index (χ1v) is 8.44. The van der Waals surface area contributed by atoms with Gasteiger partial charge in [0.15, 0.2) is 0 Å². The lowest BCUT2D eigenvalue weighted by molar-refractivity contribution is -0.128. The molecule has 0 aromatic rings. The van der Waals surface area contributed by atoms with E-state index in [0.29, 0.717) is 26.1 Å². The summed E-state index contributed by atoms with van der Waals surface area (Å²) < 4.78 is 5.32. The van der Waals surface area contributed by atoms with Crippen LogP contribution in [0.5, 0.6) is 0 Å². The third-order valence-electron chi connectivity index (χ3n) is 3.52. The number of likely N-dealkylation sites (tertiary alicyclic amines) is 1. The van der Waals surface area contributed by atoms with E-state index in [4.69, 9.17) is 4.74 Å². The van der Waals surface area contributed by atoms with Crippen molar-refractivity contribution in [1.82, 2.24) is 15.5 Å². The van der Waals surface area contributed by atoms with Gasteiger partial charge in [-0.05, 0) is 27.2 Å². The molecule has 1 atom stereocenters. The Labute approximate surface area is 144 Å². The summed E-state index contributed by atoms with van der Waals surface area (Å²) in [5.74, 6) is -0.201.